The van der Waals surface area contributed by atoms with Crippen molar-refractivity contribution >= 4 is 27.3 Å². The summed E-state index contributed by atoms with van der Waals surface area (Å²) in [6.07, 6.45) is 5.06. The van der Waals surface area contributed by atoms with Crippen molar-refractivity contribution in [2.24, 2.45) is 0 Å². The van der Waals surface area contributed by atoms with Gasteiger partial charge in [-0.15, -0.1) is 11.3 Å². The molecule has 1 saturated carbocycles. The fourth-order valence-electron chi connectivity index (χ4n) is 2.43. The number of rotatable bonds is 5. The Morgan fingerprint density at radius 3 is 2.43 bits per heavy atom. The van der Waals surface area contributed by atoms with E-state index < -0.39 is 21.6 Å². The molecule has 0 atom stereocenters. The predicted molar refractivity (Wildman–Crippen MR) is 79.1 cm³/mol. The molecule has 0 radical (unpaired) electrons. The van der Waals surface area contributed by atoms with Crippen LogP contribution < -0.4 is 4.72 Å². The van der Waals surface area contributed by atoms with Crippen LogP contribution in [0.5, 0.6) is 0 Å². The third-order valence-electron chi connectivity index (χ3n) is 3.71. The van der Waals surface area contributed by atoms with E-state index in [1.165, 1.54) is 5.38 Å². The molecular weight excluding hydrogens is 314 g/mol. The molecule has 1 aliphatic carbocycles. The Morgan fingerprint density at radius 2 is 1.90 bits per heavy atom. The topological polar surface area (TPSA) is 104 Å². The quantitative estimate of drug-likeness (QED) is 0.713. The smallest absolute Gasteiger partial charge is 0.336 e. The van der Waals surface area contributed by atoms with Gasteiger partial charge in [-0.05, 0) is 18.9 Å². The Hall–Kier alpha value is -0.960. The summed E-state index contributed by atoms with van der Waals surface area (Å²) in [4.78, 5) is 10.8. The van der Waals surface area contributed by atoms with E-state index in [0.717, 1.165) is 43.1 Å². The molecule has 0 unspecified atom stereocenters. The lowest BCUT2D eigenvalue weighted by Crippen LogP contribution is -2.42. The first kappa shape index (κ1) is 16.4. The summed E-state index contributed by atoms with van der Waals surface area (Å²) in [5.74, 6) is -1.16. The molecule has 0 aliphatic heterocycles. The number of aliphatic hydroxyl groups is 1. The van der Waals surface area contributed by atoms with E-state index in [-0.39, 0.29) is 16.3 Å². The first-order valence-electron chi connectivity index (χ1n) is 6.86. The average Bonchev–Trinajstić information content (AvgIpc) is 2.83. The van der Waals surface area contributed by atoms with Gasteiger partial charge in [-0.3, -0.25) is 0 Å². The van der Waals surface area contributed by atoms with Crippen LogP contribution in [0.25, 0.3) is 0 Å². The molecule has 0 bridgehead atoms. The molecule has 8 heteroatoms. The van der Waals surface area contributed by atoms with E-state index in [4.69, 9.17) is 5.11 Å². The van der Waals surface area contributed by atoms with Crippen LogP contribution in [0.15, 0.2) is 15.7 Å². The van der Waals surface area contributed by atoms with Gasteiger partial charge in [-0.2, -0.15) is 0 Å². The number of thiophene rings is 1. The Morgan fingerprint density at radius 1 is 1.29 bits per heavy atom. The van der Waals surface area contributed by atoms with E-state index >= 15 is 0 Å². The van der Waals surface area contributed by atoms with Crippen LogP contribution in [0.1, 0.15) is 48.9 Å². The van der Waals surface area contributed by atoms with Crippen molar-refractivity contribution in [1.29, 1.82) is 0 Å². The highest BCUT2D eigenvalue weighted by Crippen LogP contribution is 2.27. The van der Waals surface area contributed by atoms with Crippen molar-refractivity contribution in [1.82, 2.24) is 4.72 Å². The maximum absolute atomic E-state index is 12.1. The standard InChI is InChI=1S/C13H19NO5S2/c15-12(16)10-7-11(20-8-10)21(18,19)14-9-13(17)5-3-1-2-4-6-13/h7-8,14,17H,1-6,9H2,(H,15,16). The molecule has 2 rings (SSSR count). The maximum atomic E-state index is 12.1. The highest BCUT2D eigenvalue weighted by Gasteiger charge is 2.30. The first-order valence-corrected chi connectivity index (χ1v) is 9.23. The van der Waals surface area contributed by atoms with E-state index in [9.17, 15) is 18.3 Å². The normalized spacial score (nSPS) is 19.1. The lowest BCUT2D eigenvalue weighted by molar-refractivity contribution is 0.0303. The van der Waals surface area contributed by atoms with Crippen LogP contribution >= 0.6 is 11.3 Å². The molecule has 0 amide bonds. The van der Waals surface area contributed by atoms with Crippen molar-refractivity contribution in [2.45, 2.75) is 48.3 Å². The molecule has 0 spiro atoms. The SMILES string of the molecule is O=C(O)c1csc(S(=O)(=O)NCC2(O)CCCCCC2)c1. The van der Waals surface area contributed by atoms with E-state index in [0.29, 0.717) is 12.8 Å². The lowest BCUT2D eigenvalue weighted by Gasteiger charge is -2.26. The second-order valence-electron chi connectivity index (χ2n) is 5.42. The third kappa shape index (κ3) is 4.26. The highest BCUT2D eigenvalue weighted by molar-refractivity contribution is 7.91. The minimum Gasteiger partial charge on any atom is -0.478 e. The maximum Gasteiger partial charge on any atom is 0.336 e. The van der Waals surface area contributed by atoms with Crippen LogP contribution in [0.2, 0.25) is 0 Å². The van der Waals surface area contributed by atoms with Gasteiger partial charge >= 0.3 is 5.97 Å². The molecule has 1 heterocycles. The van der Waals surface area contributed by atoms with Gasteiger partial charge in [0.1, 0.15) is 4.21 Å². The number of hydrogen-bond acceptors (Lipinski definition) is 5. The molecule has 3 N–H and O–H groups in total. The number of nitrogens with one attached hydrogen (secondary N) is 1. The number of carboxylic acid groups (broad SMARTS) is 1. The zero-order chi connectivity index (χ0) is 15.5. The Labute approximate surface area is 127 Å². The lowest BCUT2D eigenvalue weighted by atomic mass is 9.95. The molecule has 6 nitrogen and oxygen atoms in total. The minimum atomic E-state index is -3.78. The largest absolute Gasteiger partial charge is 0.478 e. The van der Waals surface area contributed by atoms with Gasteiger partial charge in [-0.25, -0.2) is 17.9 Å². The number of carbonyl (C=O) groups is 1. The molecule has 1 aromatic rings. The molecule has 1 aromatic heterocycles. The summed E-state index contributed by atoms with van der Waals surface area (Å²) in [7, 11) is -3.78. The van der Waals surface area contributed by atoms with Crippen molar-refractivity contribution in [2.75, 3.05) is 6.54 Å². The second-order valence-corrected chi connectivity index (χ2v) is 8.33. The van der Waals surface area contributed by atoms with Crippen LogP contribution in [-0.2, 0) is 10.0 Å². The van der Waals surface area contributed by atoms with Crippen molar-refractivity contribution in [3.63, 3.8) is 0 Å². The van der Waals surface area contributed by atoms with Gasteiger partial charge in [-0.1, -0.05) is 25.7 Å². The number of aromatic carboxylic acids is 1. The van der Waals surface area contributed by atoms with Gasteiger partial charge in [0.25, 0.3) is 0 Å². The molecule has 0 aromatic carbocycles. The summed E-state index contributed by atoms with van der Waals surface area (Å²) in [6, 6.07) is 1.13. The summed E-state index contributed by atoms with van der Waals surface area (Å²) in [6.45, 7) is -0.0321. The summed E-state index contributed by atoms with van der Waals surface area (Å²) in [5, 5.41) is 20.5. The van der Waals surface area contributed by atoms with E-state index in [1.807, 2.05) is 0 Å². The monoisotopic (exact) mass is 333 g/mol. The zero-order valence-electron chi connectivity index (χ0n) is 11.5. The predicted octanol–water partition coefficient (Wildman–Crippen LogP) is 1.81. The van der Waals surface area contributed by atoms with Crippen molar-refractivity contribution in [3.8, 4) is 0 Å². The molecular formula is C13H19NO5S2. The molecule has 0 saturated heterocycles. The van der Waals surface area contributed by atoms with Gasteiger partial charge in [0.2, 0.25) is 10.0 Å². The zero-order valence-corrected chi connectivity index (χ0v) is 13.2. The van der Waals surface area contributed by atoms with Crippen LogP contribution in [0.4, 0.5) is 0 Å². The van der Waals surface area contributed by atoms with Crippen molar-refractivity contribution < 1.29 is 23.4 Å². The third-order valence-corrected chi connectivity index (χ3v) is 6.55. The van der Waals surface area contributed by atoms with Crippen molar-refractivity contribution in [3.05, 3.63) is 17.0 Å². The van der Waals surface area contributed by atoms with Gasteiger partial charge in [0.05, 0.1) is 11.2 Å². The first-order chi connectivity index (χ1) is 9.82. The molecule has 21 heavy (non-hydrogen) atoms. The minimum absolute atomic E-state index is 0.0321. The van der Waals surface area contributed by atoms with Gasteiger partial charge < -0.3 is 10.2 Å². The fraction of sp³-hybridized carbons (Fsp3) is 0.615. The molecule has 1 aliphatic rings. The Bertz CT molecular complexity index is 600. The molecule has 1 fully saturated rings. The van der Waals surface area contributed by atoms with E-state index in [2.05, 4.69) is 4.72 Å². The van der Waals surface area contributed by atoms with Crippen LogP contribution in [0.3, 0.4) is 0 Å². The van der Waals surface area contributed by atoms with E-state index in [1.54, 1.807) is 0 Å². The number of carboxylic acids is 1. The summed E-state index contributed by atoms with van der Waals surface area (Å²) < 4.78 is 26.6. The number of hydrogen-bond donors (Lipinski definition) is 3. The molecule has 118 valence electrons. The van der Waals surface area contributed by atoms with Gasteiger partial charge in [0, 0.05) is 11.9 Å². The number of sulfonamides is 1. The summed E-state index contributed by atoms with van der Waals surface area (Å²) >= 11 is 0.862. The summed E-state index contributed by atoms with van der Waals surface area (Å²) in [5.41, 5.74) is -1.05. The Kier molecular flexibility index (Phi) is 5.03. The second kappa shape index (κ2) is 6.43. The average molecular weight is 333 g/mol. The van der Waals surface area contributed by atoms with Crippen LogP contribution in [0, 0.1) is 0 Å². The van der Waals surface area contributed by atoms with Gasteiger partial charge in [0.15, 0.2) is 0 Å². The van der Waals surface area contributed by atoms with Crippen LogP contribution in [-0.4, -0.2) is 36.7 Å². The fourth-order valence-corrected chi connectivity index (χ4v) is 4.75. The Balaban J connectivity index is 2.04. The highest BCUT2D eigenvalue weighted by atomic mass is 32.2.